The van der Waals surface area contributed by atoms with Crippen LogP contribution in [0.5, 0.6) is 5.75 Å². The minimum Gasteiger partial charge on any atom is -0.488 e. The molecule has 37 heavy (non-hydrogen) atoms. The molecule has 1 aromatic heterocycles. The van der Waals surface area contributed by atoms with Crippen molar-refractivity contribution in [2.75, 3.05) is 0 Å². The Kier molecular flexibility index (Phi) is 8.53. The van der Waals surface area contributed by atoms with Gasteiger partial charge in [-0.15, -0.1) is 0 Å². The number of benzene rings is 3. The first-order valence-electron chi connectivity index (χ1n) is 12.0. The van der Waals surface area contributed by atoms with Gasteiger partial charge >= 0.3 is 0 Å². The first-order valence-corrected chi connectivity index (χ1v) is 14.6. The third kappa shape index (κ3) is 6.21. The Morgan fingerprint density at radius 1 is 1.08 bits per heavy atom. The lowest BCUT2D eigenvalue weighted by Crippen LogP contribution is -2.25. The van der Waals surface area contributed by atoms with Gasteiger partial charge in [-0.3, -0.25) is 4.79 Å². The molecule has 1 aliphatic carbocycles. The Bertz CT molecular complexity index is 1550. The molecule has 4 aromatic rings. The molecule has 0 atom stereocenters. The van der Waals surface area contributed by atoms with Crippen LogP contribution in [0.4, 0.5) is 0 Å². The monoisotopic (exact) mass is 709 g/mol. The van der Waals surface area contributed by atoms with Crippen LogP contribution in [0.2, 0.25) is 10.0 Å². The maximum absolute atomic E-state index is 13.5. The molecular weight excluding hydrogens is 688 g/mol. The van der Waals surface area contributed by atoms with E-state index < -0.39 is 0 Å². The molecule has 0 unspecified atom stereocenters. The summed E-state index contributed by atoms with van der Waals surface area (Å²) in [6, 6.07) is 16.8. The van der Waals surface area contributed by atoms with Crippen molar-refractivity contribution in [1.82, 2.24) is 9.66 Å². The summed E-state index contributed by atoms with van der Waals surface area (Å²) in [4.78, 5) is 18.4. The van der Waals surface area contributed by atoms with Gasteiger partial charge in [-0.05, 0) is 89.5 Å². The molecule has 0 radical (unpaired) electrons. The van der Waals surface area contributed by atoms with Gasteiger partial charge in [-0.25, -0.2) is 4.98 Å². The van der Waals surface area contributed by atoms with Crippen LogP contribution in [-0.2, 0) is 6.61 Å². The smallest absolute Gasteiger partial charge is 0.282 e. The molecule has 0 aliphatic heterocycles. The summed E-state index contributed by atoms with van der Waals surface area (Å²) in [5.41, 5.74) is 2.27. The second-order valence-corrected chi connectivity index (χ2v) is 12.0. The molecule has 9 heteroatoms. The fourth-order valence-corrected chi connectivity index (χ4v) is 6.05. The maximum Gasteiger partial charge on any atom is 0.282 e. The first-order chi connectivity index (χ1) is 17.9. The summed E-state index contributed by atoms with van der Waals surface area (Å²) < 4.78 is 9.24. The van der Waals surface area contributed by atoms with Crippen molar-refractivity contribution in [3.05, 3.63) is 100.0 Å². The summed E-state index contributed by atoms with van der Waals surface area (Å²) in [5, 5.41) is 6.35. The molecule has 3 aromatic carbocycles. The van der Waals surface area contributed by atoms with Crippen LogP contribution in [0, 0.1) is 3.57 Å². The number of aromatic nitrogens is 2. The van der Waals surface area contributed by atoms with Crippen molar-refractivity contribution in [2.24, 2.45) is 5.10 Å². The Balaban J connectivity index is 1.43. The fraction of sp³-hybridized carbons (Fsp3) is 0.250. The zero-order valence-electron chi connectivity index (χ0n) is 19.8. The molecule has 1 aliphatic rings. The van der Waals surface area contributed by atoms with Crippen LogP contribution in [0.3, 0.4) is 0 Å². The molecule has 1 saturated carbocycles. The molecule has 5 nitrogen and oxygen atoms in total. The van der Waals surface area contributed by atoms with Crippen LogP contribution in [0.25, 0.3) is 10.9 Å². The van der Waals surface area contributed by atoms with E-state index in [1.165, 1.54) is 11.1 Å². The molecule has 0 saturated heterocycles. The molecule has 5 rings (SSSR count). The lowest BCUT2D eigenvalue weighted by atomic mass is 9.88. The summed E-state index contributed by atoms with van der Waals surface area (Å²) >= 11 is 18.0. The van der Waals surface area contributed by atoms with Crippen LogP contribution in [0.15, 0.2) is 69.0 Å². The van der Waals surface area contributed by atoms with Gasteiger partial charge in [0.1, 0.15) is 18.2 Å². The van der Waals surface area contributed by atoms with E-state index in [4.69, 9.17) is 32.9 Å². The first kappa shape index (κ1) is 26.7. The van der Waals surface area contributed by atoms with Crippen molar-refractivity contribution in [2.45, 2.75) is 44.6 Å². The van der Waals surface area contributed by atoms with Gasteiger partial charge in [0.05, 0.1) is 20.7 Å². The summed E-state index contributed by atoms with van der Waals surface area (Å²) in [5.74, 6) is 1.70. The summed E-state index contributed by atoms with van der Waals surface area (Å²) in [7, 11) is 0. The van der Waals surface area contributed by atoms with E-state index in [1.807, 2.05) is 42.5 Å². The maximum atomic E-state index is 13.5. The molecule has 1 heterocycles. The van der Waals surface area contributed by atoms with Gasteiger partial charge < -0.3 is 4.74 Å². The SMILES string of the molecule is O=c1c2cc(Br)ccc2nc(C2CCCCC2)n1N=Cc1ccc(OCc2ccc(Cl)cc2Cl)c(I)c1. The van der Waals surface area contributed by atoms with Crippen molar-refractivity contribution in [1.29, 1.82) is 0 Å². The van der Waals surface area contributed by atoms with E-state index in [1.54, 1.807) is 18.3 Å². The molecule has 0 spiro atoms. The quantitative estimate of drug-likeness (QED) is 0.149. The van der Waals surface area contributed by atoms with E-state index in [-0.39, 0.29) is 11.5 Å². The highest BCUT2D eigenvalue weighted by Crippen LogP contribution is 2.32. The van der Waals surface area contributed by atoms with Gasteiger partial charge in [0, 0.05) is 26.0 Å². The number of hydrogen-bond acceptors (Lipinski definition) is 4. The van der Waals surface area contributed by atoms with Gasteiger partial charge in [-0.2, -0.15) is 9.78 Å². The van der Waals surface area contributed by atoms with Crippen molar-refractivity contribution >= 4 is 78.8 Å². The normalized spacial score (nSPS) is 14.5. The second kappa shape index (κ2) is 11.8. The van der Waals surface area contributed by atoms with E-state index in [0.29, 0.717) is 27.6 Å². The highest BCUT2D eigenvalue weighted by molar-refractivity contribution is 14.1. The van der Waals surface area contributed by atoms with Gasteiger partial charge in [0.25, 0.3) is 5.56 Å². The summed E-state index contributed by atoms with van der Waals surface area (Å²) in [6.45, 7) is 0.331. The van der Waals surface area contributed by atoms with Crippen LogP contribution in [-0.4, -0.2) is 15.9 Å². The fourth-order valence-electron chi connectivity index (χ4n) is 4.54. The third-order valence-corrected chi connectivity index (χ3v) is 8.40. The second-order valence-electron chi connectivity index (χ2n) is 9.04. The van der Waals surface area contributed by atoms with Crippen LogP contribution in [0.1, 0.15) is 55.0 Å². The highest BCUT2D eigenvalue weighted by Gasteiger charge is 2.22. The Labute approximate surface area is 247 Å². The molecule has 0 bridgehead atoms. The minimum absolute atomic E-state index is 0.155. The largest absolute Gasteiger partial charge is 0.488 e. The number of fused-ring (bicyclic) bond motifs is 1. The van der Waals surface area contributed by atoms with Gasteiger partial charge in [0.15, 0.2) is 0 Å². The third-order valence-electron chi connectivity index (χ3n) is 6.48. The van der Waals surface area contributed by atoms with E-state index in [2.05, 4.69) is 43.6 Å². The van der Waals surface area contributed by atoms with E-state index >= 15 is 0 Å². The minimum atomic E-state index is -0.155. The Morgan fingerprint density at radius 3 is 2.65 bits per heavy atom. The molecule has 0 amide bonds. The standard InChI is InChI=1S/C28H23BrCl2IN3O2/c29-20-8-10-25-22(13-20)28(36)35(27(34-25)18-4-2-1-3-5-18)33-15-17-6-11-26(24(32)12-17)37-16-19-7-9-21(30)14-23(19)31/h6-15,18H,1-5,16H2. The van der Waals surface area contributed by atoms with Crippen molar-refractivity contribution in [3.8, 4) is 5.75 Å². The van der Waals surface area contributed by atoms with E-state index in [0.717, 1.165) is 56.4 Å². The highest BCUT2D eigenvalue weighted by atomic mass is 127. The molecule has 0 N–H and O–H groups in total. The zero-order valence-corrected chi connectivity index (χ0v) is 25.0. The predicted molar refractivity (Wildman–Crippen MR) is 162 cm³/mol. The molecular formula is C28H23BrCl2IN3O2. The predicted octanol–water partition coefficient (Wildman–Crippen LogP) is 8.58. The van der Waals surface area contributed by atoms with Gasteiger partial charge in [-0.1, -0.05) is 64.5 Å². The van der Waals surface area contributed by atoms with E-state index in [9.17, 15) is 4.79 Å². The zero-order chi connectivity index (χ0) is 25.9. The lowest BCUT2D eigenvalue weighted by Gasteiger charge is -2.22. The number of nitrogens with zero attached hydrogens (tertiary/aromatic N) is 3. The van der Waals surface area contributed by atoms with Crippen molar-refractivity contribution < 1.29 is 4.74 Å². The average Bonchev–Trinajstić information content (AvgIpc) is 2.89. The topological polar surface area (TPSA) is 56.5 Å². The van der Waals surface area contributed by atoms with Crippen LogP contribution < -0.4 is 10.3 Å². The number of ether oxygens (including phenoxy) is 1. The molecule has 1 fully saturated rings. The number of halogens is 4. The number of rotatable bonds is 6. The number of hydrogen-bond donors (Lipinski definition) is 0. The Morgan fingerprint density at radius 2 is 1.89 bits per heavy atom. The Hall–Kier alpha value is -1.94. The van der Waals surface area contributed by atoms with Gasteiger partial charge in [0.2, 0.25) is 0 Å². The van der Waals surface area contributed by atoms with Crippen LogP contribution >= 0.6 is 61.7 Å². The lowest BCUT2D eigenvalue weighted by molar-refractivity contribution is 0.304. The summed E-state index contributed by atoms with van der Waals surface area (Å²) in [6.07, 6.45) is 7.26. The molecule has 190 valence electrons. The van der Waals surface area contributed by atoms with Crippen molar-refractivity contribution in [3.63, 3.8) is 0 Å². The average molecular weight is 711 g/mol.